The van der Waals surface area contributed by atoms with E-state index in [4.69, 9.17) is 0 Å². The quantitative estimate of drug-likeness (QED) is 0.670. The maximum absolute atomic E-state index is 12.5. The largest absolute Gasteiger partial charge is 0.338 e. The molecule has 1 atom stereocenters. The lowest BCUT2D eigenvalue weighted by Crippen LogP contribution is -2.28. The lowest BCUT2D eigenvalue weighted by Gasteiger charge is -2.16. The topological polar surface area (TPSA) is 98.1 Å². The highest BCUT2D eigenvalue weighted by atomic mass is 16.2. The summed E-state index contributed by atoms with van der Waals surface area (Å²) < 4.78 is 0. The fourth-order valence-electron chi connectivity index (χ4n) is 3.26. The van der Waals surface area contributed by atoms with Gasteiger partial charge in [0.05, 0.1) is 17.0 Å². The summed E-state index contributed by atoms with van der Waals surface area (Å²) in [4.78, 5) is 43.1. The number of nitrogens with zero attached hydrogens (tertiary/aromatic N) is 1. The number of carbonyl (C=O) groups excluding carboxylic acids is 2. The molecule has 132 valence electrons. The normalized spacial score (nSPS) is 17.0. The maximum Gasteiger partial charge on any atom is 0.323 e. The zero-order chi connectivity index (χ0) is 18.1. The first-order valence-corrected chi connectivity index (χ1v) is 8.43. The number of aromatic nitrogens is 2. The minimum Gasteiger partial charge on any atom is -0.338 e. The summed E-state index contributed by atoms with van der Waals surface area (Å²) in [6.07, 6.45) is 0.210. The number of carbonyl (C=O) groups is 2. The first-order chi connectivity index (χ1) is 12.6. The van der Waals surface area contributed by atoms with Crippen LogP contribution in [0.2, 0.25) is 0 Å². The van der Waals surface area contributed by atoms with Gasteiger partial charge in [0.15, 0.2) is 0 Å². The van der Waals surface area contributed by atoms with E-state index in [9.17, 15) is 14.4 Å². The number of H-pyrrole nitrogens is 2. The van der Waals surface area contributed by atoms with Gasteiger partial charge in [0.25, 0.3) is 0 Å². The lowest BCUT2D eigenvalue weighted by atomic mass is 10.1. The summed E-state index contributed by atoms with van der Waals surface area (Å²) in [6.45, 7) is 0.919. The fourth-order valence-corrected chi connectivity index (χ4v) is 3.26. The average molecular weight is 350 g/mol. The lowest BCUT2D eigenvalue weighted by molar-refractivity contribution is -0.128. The first kappa shape index (κ1) is 16.1. The predicted octanol–water partition coefficient (Wildman–Crippen LogP) is 1.84. The molecule has 3 N–H and O–H groups in total. The van der Waals surface area contributed by atoms with E-state index in [-0.39, 0.29) is 29.8 Å². The van der Waals surface area contributed by atoms with Gasteiger partial charge in [0, 0.05) is 25.2 Å². The number of hydrogen-bond acceptors (Lipinski definition) is 3. The summed E-state index contributed by atoms with van der Waals surface area (Å²) in [5, 5.41) is 2.84. The predicted molar refractivity (Wildman–Crippen MR) is 97.5 cm³/mol. The van der Waals surface area contributed by atoms with E-state index in [1.807, 2.05) is 30.3 Å². The molecule has 0 radical (unpaired) electrons. The number of anilines is 1. The molecular formula is C19H18N4O3. The summed E-state index contributed by atoms with van der Waals surface area (Å²) >= 11 is 0. The van der Waals surface area contributed by atoms with Crippen molar-refractivity contribution >= 4 is 28.5 Å². The van der Waals surface area contributed by atoms with Gasteiger partial charge in [0.2, 0.25) is 11.8 Å². The van der Waals surface area contributed by atoms with Crippen LogP contribution in [-0.2, 0) is 16.1 Å². The zero-order valence-electron chi connectivity index (χ0n) is 14.0. The maximum atomic E-state index is 12.5. The molecule has 0 aliphatic carbocycles. The minimum absolute atomic E-state index is 0.0144. The van der Waals surface area contributed by atoms with Gasteiger partial charge in [-0.05, 0) is 23.8 Å². The molecule has 0 spiro atoms. The van der Waals surface area contributed by atoms with Crippen molar-refractivity contribution in [2.75, 3.05) is 11.9 Å². The van der Waals surface area contributed by atoms with Gasteiger partial charge < -0.3 is 20.2 Å². The van der Waals surface area contributed by atoms with Crippen LogP contribution in [0.4, 0.5) is 5.69 Å². The number of amides is 2. The van der Waals surface area contributed by atoms with E-state index in [1.165, 1.54) is 0 Å². The second kappa shape index (κ2) is 6.51. The van der Waals surface area contributed by atoms with Crippen molar-refractivity contribution in [3.8, 4) is 0 Å². The third kappa shape index (κ3) is 3.23. The van der Waals surface area contributed by atoms with Crippen LogP contribution >= 0.6 is 0 Å². The highest BCUT2D eigenvalue weighted by Gasteiger charge is 2.34. The van der Waals surface area contributed by atoms with Crippen LogP contribution in [0, 0.1) is 5.92 Å². The highest BCUT2D eigenvalue weighted by molar-refractivity contribution is 5.98. The van der Waals surface area contributed by atoms with Crippen molar-refractivity contribution in [3.05, 3.63) is 64.6 Å². The number of aromatic amines is 2. The molecule has 1 saturated heterocycles. The Morgan fingerprint density at radius 1 is 1.08 bits per heavy atom. The smallest absolute Gasteiger partial charge is 0.323 e. The molecule has 7 heteroatoms. The molecule has 0 bridgehead atoms. The summed E-state index contributed by atoms with van der Waals surface area (Å²) in [5.41, 5.74) is 2.65. The molecule has 3 aromatic rings. The van der Waals surface area contributed by atoms with Crippen molar-refractivity contribution in [2.45, 2.75) is 13.0 Å². The van der Waals surface area contributed by atoms with Crippen molar-refractivity contribution < 1.29 is 9.59 Å². The van der Waals surface area contributed by atoms with Gasteiger partial charge in [0.1, 0.15) is 0 Å². The molecule has 4 rings (SSSR count). The molecule has 0 unspecified atom stereocenters. The van der Waals surface area contributed by atoms with Crippen molar-refractivity contribution in [1.29, 1.82) is 0 Å². The molecule has 2 heterocycles. The number of fused-ring (bicyclic) bond motifs is 1. The van der Waals surface area contributed by atoms with Crippen LogP contribution in [0.1, 0.15) is 12.0 Å². The fraction of sp³-hybridized carbons (Fsp3) is 0.211. The Labute approximate surface area is 149 Å². The van der Waals surface area contributed by atoms with Gasteiger partial charge in [-0.25, -0.2) is 4.79 Å². The molecule has 2 aromatic carbocycles. The van der Waals surface area contributed by atoms with E-state index in [2.05, 4.69) is 15.3 Å². The number of benzene rings is 2. The Kier molecular flexibility index (Phi) is 4.04. The minimum atomic E-state index is -0.382. The summed E-state index contributed by atoms with van der Waals surface area (Å²) in [7, 11) is 0. The van der Waals surface area contributed by atoms with Crippen LogP contribution in [-0.4, -0.2) is 33.2 Å². The van der Waals surface area contributed by atoms with Gasteiger partial charge in [-0.3, -0.25) is 9.59 Å². The van der Waals surface area contributed by atoms with Crippen molar-refractivity contribution in [1.82, 2.24) is 14.9 Å². The van der Waals surface area contributed by atoms with Crippen LogP contribution in [0.5, 0.6) is 0 Å². The molecule has 0 saturated carbocycles. The second-order valence-electron chi connectivity index (χ2n) is 6.49. The Morgan fingerprint density at radius 2 is 1.85 bits per heavy atom. The molecule has 1 fully saturated rings. The third-order valence-electron chi connectivity index (χ3n) is 4.59. The standard InChI is InChI=1S/C19H18N4O3/c24-17-8-13(11-23(17)10-12-4-2-1-3-5-12)18(25)20-14-6-7-15-16(9-14)22-19(26)21-15/h1-7,9,13H,8,10-11H2,(H,20,25)(H2,21,22,26)/t13-/m0/s1. The third-order valence-corrected chi connectivity index (χ3v) is 4.59. The van der Waals surface area contributed by atoms with Gasteiger partial charge >= 0.3 is 5.69 Å². The van der Waals surface area contributed by atoms with E-state index in [0.717, 1.165) is 5.56 Å². The molecule has 1 aliphatic heterocycles. The average Bonchev–Trinajstić information content (AvgIpc) is 3.17. The van der Waals surface area contributed by atoms with E-state index in [0.29, 0.717) is 29.8 Å². The van der Waals surface area contributed by atoms with E-state index < -0.39 is 0 Å². The van der Waals surface area contributed by atoms with Crippen LogP contribution in [0.3, 0.4) is 0 Å². The van der Waals surface area contributed by atoms with Crippen LogP contribution < -0.4 is 11.0 Å². The monoisotopic (exact) mass is 350 g/mol. The van der Waals surface area contributed by atoms with Crippen LogP contribution in [0.25, 0.3) is 11.0 Å². The highest BCUT2D eigenvalue weighted by Crippen LogP contribution is 2.22. The molecular weight excluding hydrogens is 332 g/mol. The second-order valence-corrected chi connectivity index (χ2v) is 6.49. The van der Waals surface area contributed by atoms with E-state index in [1.54, 1.807) is 23.1 Å². The Balaban J connectivity index is 1.43. The van der Waals surface area contributed by atoms with Crippen molar-refractivity contribution in [2.24, 2.45) is 5.92 Å². The van der Waals surface area contributed by atoms with E-state index >= 15 is 0 Å². The molecule has 2 amide bonds. The van der Waals surface area contributed by atoms with Gasteiger partial charge in [-0.2, -0.15) is 0 Å². The Bertz CT molecular complexity index is 1020. The summed E-state index contributed by atoms with van der Waals surface area (Å²) in [6, 6.07) is 14.9. The molecule has 1 aliphatic rings. The van der Waals surface area contributed by atoms with Crippen LogP contribution in [0.15, 0.2) is 53.3 Å². The Morgan fingerprint density at radius 3 is 2.65 bits per heavy atom. The number of likely N-dealkylation sites (tertiary alicyclic amines) is 1. The Hall–Kier alpha value is -3.35. The number of rotatable bonds is 4. The van der Waals surface area contributed by atoms with Crippen molar-refractivity contribution in [3.63, 3.8) is 0 Å². The number of nitrogens with one attached hydrogen (secondary N) is 3. The zero-order valence-corrected chi connectivity index (χ0v) is 14.0. The number of imidazole rings is 1. The van der Waals surface area contributed by atoms with Gasteiger partial charge in [-0.15, -0.1) is 0 Å². The SMILES string of the molecule is O=C(Nc1ccc2[nH]c(=O)[nH]c2c1)[C@H]1CC(=O)N(Cc2ccccc2)C1. The molecule has 7 nitrogen and oxygen atoms in total. The first-order valence-electron chi connectivity index (χ1n) is 8.43. The summed E-state index contributed by atoms with van der Waals surface area (Å²) in [5.74, 6) is -0.585. The van der Waals surface area contributed by atoms with Gasteiger partial charge in [-0.1, -0.05) is 30.3 Å². The number of hydrogen-bond donors (Lipinski definition) is 3. The molecule has 26 heavy (non-hydrogen) atoms. The molecule has 1 aromatic heterocycles.